The van der Waals surface area contributed by atoms with E-state index in [1.165, 1.54) is 25.9 Å². The first-order valence-corrected chi connectivity index (χ1v) is 6.60. The zero-order chi connectivity index (χ0) is 12.7. The van der Waals surface area contributed by atoms with Crippen molar-refractivity contribution in [2.45, 2.75) is 51.6 Å². The summed E-state index contributed by atoms with van der Waals surface area (Å²) < 4.78 is 0. The molecule has 1 saturated heterocycles. The van der Waals surface area contributed by atoms with Gasteiger partial charge in [-0.15, -0.1) is 0 Å². The molecule has 17 heavy (non-hydrogen) atoms. The van der Waals surface area contributed by atoms with Gasteiger partial charge in [0, 0.05) is 25.0 Å². The summed E-state index contributed by atoms with van der Waals surface area (Å²) in [4.78, 5) is 2.49. The standard InChI is InChI=1S/C12H26N4O/c1-3-11(8-12(13)15-17)14-10(2)9-16-6-4-5-7-16/h10-11,14,17H,3-9H2,1-2H3,(H2,13,15). The van der Waals surface area contributed by atoms with Gasteiger partial charge in [0.1, 0.15) is 5.84 Å². The fourth-order valence-corrected chi connectivity index (χ4v) is 2.42. The molecule has 5 heteroatoms. The summed E-state index contributed by atoms with van der Waals surface area (Å²) in [5.41, 5.74) is 5.54. The van der Waals surface area contributed by atoms with Crippen LogP contribution in [0.3, 0.4) is 0 Å². The molecule has 0 spiro atoms. The van der Waals surface area contributed by atoms with Crippen molar-refractivity contribution in [3.05, 3.63) is 0 Å². The van der Waals surface area contributed by atoms with Crippen molar-refractivity contribution >= 4 is 5.84 Å². The molecule has 4 N–H and O–H groups in total. The van der Waals surface area contributed by atoms with Crippen LogP contribution in [0.15, 0.2) is 5.16 Å². The van der Waals surface area contributed by atoms with Gasteiger partial charge in [-0.05, 0) is 39.3 Å². The van der Waals surface area contributed by atoms with Gasteiger partial charge in [0.05, 0.1) is 0 Å². The van der Waals surface area contributed by atoms with E-state index in [1.54, 1.807) is 0 Å². The zero-order valence-corrected chi connectivity index (χ0v) is 11.0. The monoisotopic (exact) mass is 242 g/mol. The van der Waals surface area contributed by atoms with Crippen LogP contribution in [-0.2, 0) is 0 Å². The van der Waals surface area contributed by atoms with Gasteiger partial charge in [0.25, 0.3) is 0 Å². The van der Waals surface area contributed by atoms with Crippen LogP contribution in [0.1, 0.15) is 39.5 Å². The summed E-state index contributed by atoms with van der Waals surface area (Å²) in [5, 5.41) is 15.1. The number of hydrogen-bond acceptors (Lipinski definition) is 4. The van der Waals surface area contributed by atoms with Gasteiger partial charge in [-0.2, -0.15) is 0 Å². The van der Waals surface area contributed by atoms with Crippen LogP contribution < -0.4 is 11.1 Å². The molecule has 2 atom stereocenters. The van der Waals surface area contributed by atoms with Gasteiger partial charge in [0.15, 0.2) is 0 Å². The van der Waals surface area contributed by atoms with E-state index in [-0.39, 0.29) is 0 Å². The molecule has 100 valence electrons. The lowest BCUT2D eigenvalue weighted by Gasteiger charge is -2.25. The molecule has 0 aromatic carbocycles. The van der Waals surface area contributed by atoms with Gasteiger partial charge >= 0.3 is 0 Å². The maximum absolute atomic E-state index is 8.57. The summed E-state index contributed by atoms with van der Waals surface area (Å²) in [7, 11) is 0. The molecule has 0 aromatic heterocycles. The lowest BCUT2D eigenvalue weighted by atomic mass is 10.1. The van der Waals surface area contributed by atoms with Crippen LogP contribution in [0.4, 0.5) is 0 Å². The minimum atomic E-state index is 0.295. The number of nitrogens with zero attached hydrogens (tertiary/aromatic N) is 2. The first-order chi connectivity index (χ1) is 8.15. The summed E-state index contributed by atoms with van der Waals surface area (Å²) in [6.07, 6.45) is 4.25. The smallest absolute Gasteiger partial charge is 0.140 e. The molecule has 1 aliphatic rings. The predicted molar refractivity (Wildman–Crippen MR) is 70.4 cm³/mol. The van der Waals surface area contributed by atoms with E-state index in [9.17, 15) is 0 Å². The highest BCUT2D eigenvalue weighted by molar-refractivity contribution is 5.80. The number of nitrogens with one attached hydrogen (secondary N) is 1. The van der Waals surface area contributed by atoms with Crippen LogP contribution in [0.5, 0.6) is 0 Å². The van der Waals surface area contributed by atoms with E-state index in [4.69, 9.17) is 10.9 Å². The molecule has 0 aromatic rings. The predicted octanol–water partition coefficient (Wildman–Crippen LogP) is 0.975. The van der Waals surface area contributed by atoms with Gasteiger partial charge in [-0.3, -0.25) is 0 Å². The fraction of sp³-hybridized carbons (Fsp3) is 0.917. The van der Waals surface area contributed by atoms with Crippen LogP contribution >= 0.6 is 0 Å². The van der Waals surface area contributed by atoms with Crippen LogP contribution in [0, 0.1) is 0 Å². The van der Waals surface area contributed by atoms with E-state index in [0.717, 1.165) is 13.0 Å². The molecular formula is C12H26N4O. The Labute approximate surface area is 104 Å². The molecule has 1 aliphatic heterocycles. The Morgan fingerprint density at radius 2 is 2.12 bits per heavy atom. The third-order valence-electron chi connectivity index (χ3n) is 3.33. The molecular weight excluding hydrogens is 216 g/mol. The second kappa shape index (κ2) is 7.50. The molecule has 1 rings (SSSR count). The van der Waals surface area contributed by atoms with Crippen molar-refractivity contribution in [1.29, 1.82) is 0 Å². The number of oxime groups is 1. The Balaban J connectivity index is 2.28. The van der Waals surface area contributed by atoms with Crippen molar-refractivity contribution in [3.8, 4) is 0 Å². The number of rotatable bonds is 7. The topological polar surface area (TPSA) is 73.9 Å². The lowest BCUT2D eigenvalue weighted by molar-refractivity contribution is 0.283. The highest BCUT2D eigenvalue weighted by Gasteiger charge is 2.17. The van der Waals surface area contributed by atoms with E-state index in [2.05, 4.69) is 29.2 Å². The van der Waals surface area contributed by atoms with Gasteiger partial charge in [-0.1, -0.05) is 12.1 Å². The average molecular weight is 242 g/mol. The fourth-order valence-electron chi connectivity index (χ4n) is 2.42. The Morgan fingerprint density at radius 3 is 2.65 bits per heavy atom. The van der Waals surface area contributed by atoms with Gasteiger partial charge < -0.3 is 21.2 Å². The SMILES string of the molecule is CCC(C/C(N)=N/O)NC(C)CN1CCCC1. The van der Waals surface area contributed by atoms with Crippen molar-refractivity contribution in [2.75, 3.05) is 19.6 Å². The van der Waals surface area contributed by atoms with E-state index < -0.39 is 0 Å². The third kappa shape index (κ3) is 5.37. The van der Waals surface area contributed by atoms with Crippen LogP contribution in [-0.4, -0.2) is 47.7 Å². The maximum atomic E-state index is 8.57. The van der Waals surface area contributed by atoms with Gasteiger partial charge in [-0.25, -0.2) is 0 Å². The second-order valence-electron chi connectivity index (χ2n) is 4.98. The Morgan fingerprint density at radius 1 is 1.47 bits per heavy atom. The highest BCUT2D eigenvalue weighted by atomic mass is 16.4. The Kier molecular flexibility index (Phi) is 6.29. The largest absolute Gasteiger partial charge is 0.409 e. The third-order valence-corrected chi connectivity index (χ3v) is 3.33. The van der Waals surface area contributed by atoms with Crippen molar-refractivity contribution < 1.29 is 5.21 Å². The molecule has 5 nitrogen and oxygen atoms in total. The molecule has 0 bridgehead atoms. The normalized spacial score (nSPS) is 21.6. The first kappa shape index (κ1) is 14.3. The zero-order valence-electron chi connectivity index (χ0n) is 11.0. The summed E-state index contributed by atoms with van der Waals surface area (Å²) in [6, 6.07) is 0.744. The van der Waals surface area contributed by atoms with E-state index in [1.807, 2.05) is 0 Å². The first-order valence-electron chi connectivity index (χ1n) is 6.60. The van der Waals surface area contributed by atoms with Gasteiger partial charge in [0.2, 0.25) is 0 Å². The molecule has 1 fully saturated rings. The number of amidine groups is 1. The molecule has 0 aliphatic carbocycles. The highest BCUT2D eigenvalue weighted by Crippen LogP contribution is 2.08. The summed E-state index contributed by atoms with van der Waals surface area (Å²) in [5.74, 6) is 0.303. The molecule has 1 heterocycles. The van der Waals surface area contributed by atoms with E-state index >= 15 is 0 Å². The number of likely N-dealkylation sites (tertiary alicyclic amines) is 1. The minimum absolute atomic E-state index is 0.295. The van der Waals surface area contributed by atoms with E-state index in [0.29, 0.717) is 24.3 Å². The average Bonchev–Trinajstić information content (AvgIpc) is 2.80. The summed E-state index contributed by atoms with van der Waals surface area (Å²) >= 11 is 0. The number of nitrogens with two attached hydrogens (primary N) is 1. The summed E-state index contributed by atoms with van der Waals surface area (Å²) in [6.45, 7) is 7.86. The molecule has 0 radical (unpaired) electrons. The Hall–Kier alpha value is -0.810. The second-order valence-corrected chi connectivity index (χ2v) is 4.98. The quantitative estimate of drug-likeness (QED) is 0.269. The van der Waals surface area contributed by atoms with Crippen molar-refractivity contribution in [3.63, 3.8) is 0 Å². The van der Waals surface area contributed by atoms with Crippen molar-refractivity contribution in [1.82, 2.24) is 10.2 Å². The molecule has 0 amide bonds. The molecule has 0 saturated carbocycles. The number of hydrogen-bond donors (Lipinski definition) is 3. The Bertz CT molecular complexity index is 239. The van der Waals surface area contributed by atoms with Crippen LogP contribution in [0.2, 0.25) is 0 Å². The molecule has 2 unspecified atom stereocenters. The van der Waals surface area contributed by atoms with Crippen molar-refractivity contribution in [2.24, 2.45) is 10.9 Å². The maximum Gasteiger partial charge on any atom is 0.140 e. The lowest BCUT2D eigenvalue weighted by Crippen LogP contribution is -2.44. The van der Waals surface area contributed by atoms with Crippen LogP contribution in [0.25, 0.3) is 0 Å². The minimum Gasteiger partial charge on any atom is -0.409 e.